The fourth-order valence-electron chi connectivity index (χ4n) is 7.24. The van der Waals surface area contributed by atoms with Crippen molar-refractivity contribution in [3.8, 4) is 6.01 Å². The Morgan fingerprint density at radius 2 is 1.87 bits per heavy atom. The van der Waals surface area contributed by atoms with Crippen LogP contribution in [0.2, 0.25) is 0 Å². The van der Waals surface area contributed by atoms with Gasteiger partial charge < -0.3 is 19.9 Å². The number of hydrogen-bond acceptors (Lipinski definition) is 6. The predicted molar refractivity (Wildman–Crippen MR) is 144 cm³/mol. The molecule has 0 radical (unpaired) electrons. The lowest BCUT2D eigenvalue weighted by atomic mass is 9.85. The van der Waals surface area contributed by atoms with Crippen LogP contribution in [0.15, 0.2) is 30.3 Å². The number of anilines is 1. The summed E-state index contributed by atoms with van der Waals surface area (Å²) in [6.45, 7) is 2.92. The first-order valence-corrected chi connectivity index (χ1v) is 14.1. The number of rotatable bonds is 5. The van der Waals surface area contributed by atoms with Gasteiger partial charge in [-0.15, -0.1) is 0 Å². The van der Waals surface area contributed by atoms with E-state index in [1.54, 1.807) is 6.07 Å². The third-order valence-corrected chi connectivity index (χ3v) is 9.27. The van der Waals surface area contributed by atoms with Gasteiger partial charge in [0.25, 0.3) is 0 Å². The molecule has 1 aromatic heterocycles. The van der Waals surface area contributed by atoms with Crippen molar-refractivity contribution in [1.82, 2.24) is 20.2 Å². The largest absolute Gasteiger partial charge is 0.462 e. The topological polar surface area (TPSA) is 53.5 Å². The normalized spacial score (nSPS) is 27.2. The molecule has 3 fully saturated rings. The van der Waals surface area contributed by atoms with Gasteiger partial charge in [-0.05, 0) is 81.6 Å². The summed E-state index contributed by atoms with van der Waals surface area (Å²) in [5.41, 5.74) is 4.04. The zero-order chi connectivity index (χ0) is 25.8. The number of ether oxygens (including phenoxy) is 1. The minimum Gasteiger partial charge on any atom is -0.462 e. The molecule has 0 saturated carbocycles. The number of halogens is 2. The van der Waals surface area contributed by atoms with Crippen molar-refractivity contribution < 1.29 is 13.5 Å². The molecule has 38 heavy (non-hydrogen) atoms. The zero-order valence-corrected chi connectivity index (χ0v) is 21.9. The number of piperidine rings is 1. The monoisotopic (exact) mass is 519 g/mol. The quantitative estimate of drug-likeness (QED) is 0.515. The summed E-state index contributed by atoms with van der Waals surface area (Å²) in [5, 5.41) is 4.79. The summed E-state index contributed by atoms with van der Waals surface area (Å²) in [7, 11) is 2.15. The number of likely N-dealkylation sites (tertiary alicyclic amines) is 1. The van der Waals surface area contributed by atoms with Crippen molar-refractivity contribution >= 4 is 16.5 Å². The molecule has 7 rings (SSSR count). The molecule has 2 bridgehead atoms. The predicted octanol–water partition coefficient (Wildman–Crippen LogP) is 4.94. The molecule has 2 aromatic carbocycles. The Hall–Kier alpha value is -2.84. The van der Waals surface area contributed by atoms with E-state index in [1.807, 2.05) is 18.2 Å². The van der Waals surface area contributed by atoms with E-state index in [0.29, 0.717) is 66.2 Å². The van der Waals surface area contributed by atoms with Gasteiger partial charge in [-0.1, -0.05) is 18.2 Å². The Balaban J connectivity index is 1.24. The third kappa shape index (κ3) is 4.31. The molecule has 5 heterocycles. The molecule has 0 spiro atoms. The molecule has 0 aliphatic carbocycles. The summed E-state index contributed by atoms with van der Waals surface area (Å²) >= 11 is 0. The summed E-state index contributed by atoms with van der Waals surface area (Å²) in [4.78, 5) is 14.5. The van der Waals surface area contributed by atoms with Crippen LogP contribution in [0.3, 0.4) is 0 Å². The molecular weight excluding hydrogens is 484 g/mol. The van der Waals surface area contributed by atoms with E-state index < -0.39 is 11.6 Å². The van der Waals surface area contributed by atoms with Crippen LogP contribution in [0.4, 0.5) is 14.5 Å². The second-order valence-corrected chi connectivity index (χ2v) is 11.6. The minimum absolute atomic E-state index is 0.334. The molecule has 4 aliphatic rings. The SMILES string of the molecule is CN1CCC[C@H]1COc1nc2c(c([C@H]3C[C@H]4CC[C@@H](C3)N4)n1)CCN(c1cccc3ccc(F)c(F)c13)C2. The number of benzene rings is 2. The maximum atomic E-state index is 15.0. The highest BCUT2D eigenvalue weighted by molar-refractivity contribution is 5.95. The van der Waals surface area contributed by atoms with Crippen molar-refractivity contribution in [2.75, 3.05) is 31.6 Å². The first-order valence-electron chi connectivity index (χ1n) is 14.1. The molecule has 3 aromatic rings. The first kappa shape index (κ1) is 24.2. The number of likely N-dealkylation sites (N-methyl/N-ethyl adjacent to an activating group) is 1. The molecule has 3 saturated heterocycles. The van der Waals surface area contributed by atoms with Crippen LogP contribution in [0.1, 0.15) is 61.4 Å². The van der Waals surface area contributed by atoms with Crippen LogP contribution < -0.4 is 15.0 Å². The average molecular weight is 520 g/mol. The highest BCUT2D eigenvalue weighted by atomic mass is 19.2. The lowest BCUT2D eigenvalue weighted by Crippen LogP contribution is -2.39. The van der Waals surface area contributed by atoms with Gasteiger partial charge in [0.05, 0.1) is 17.9 Å². The van der Waals surface area contributed by atoms with Crippen LogP contribution >= 0.6 is 0 Å². The third-order valence-electron chi connectivity index (χ3n) is 9.27. The lowest BCUT2D eigenvalue weighted by Gasteiger charge is -2.35. The molecule has 0 unspecified atom stereocenters. The van der Waals surface area contributed by atoms with Gasteiger partial charge in [-0.25, -0.2) is 8.78 Å². The second-order valence-electron chi connectivity index (χ2n) is 11.6. The van der Waals surface area contributed by atoms with Crippen LogP contribution in [-0.4, -0.2) is 59.7 Å². The van der Waals surface area contributed by atoms with Gasteiger partial charge in [-0.3, -0.25) is 0 Å². The van der Waals surface area contributed by atoms with Crippen LogP contribution in [0.5, 0.6) is 6.01 Å². The van der Waals surface area contributed by atoms with Crippen LogP contribution in [0.25, 0.3) is 10.8 Å². The van der Waals surface area contributed by atoms with Crippen molar-refractivity contribution in [2.24, 2.45) is 0 Å². The van der Waals surface area contributed by atoms with Crippen LogP contribution in [0, 0.1) is 11.6 Å². The Bertz CT molecular complexity index is 1350. The molecule has 4 atom stereocenters. The first-order chi connectivity index (χ1) is 18.5. The van der Waals surface area contributed by atoms with E-state index in [1.165, 1.54) is 30.9 Å². The van der Waals surface area contributed by atoms with Crippen molar-refractivity contribution in [2.45, 2.75) is 75.5 Å². The van der Waals surface area contributed by atoms with Crippen molar-refractivity contribution in [1.29, 1.82) is 0 Å². The van der Waals surface area contributed by atoms with Gasteiger partial charge in [0.1, 0.15) is 6.61 Å². The highest BCUT2D eigenvalue weighted by Crippen LogP contribution is 2.41. The Morgan fingerprint density at radius 1 is 1.03 bits per heavy atom. The summed E-state index contributed by atoms with van der Waals surface area (Å²) < 4.78 is 35.5. The molecule has 8 heteroatoms. The van der Waals surface area contributed by atoms with Crippen LogP contribution in [-0.2, 0) is 13.0 Å². The van der Waals surface area contributed by atoms with E-state index in [2.05, 4.69) is 22.2 Å². The summed E-state index contributed by atoms with van der Waals surface area (Å²) in [6.07, 6.45) is 7.78. The molecule has 4 aliphatic heterocycles. The number of aromatic nitrogens is 2. The Morgan fingerprint density at radius 3 is 2.66 bits per heavy atom. The van der Waals surface area contributed by atoms with E-state index in [-0.39, 0.29) is 0 Å². The zero-order valence-electron chi connectivity index (χ0n) is 21.9. The highest BCUT2D eigenvalue weighted by Gasteiger charge is 2.37. The van der Waals surface area contributed by atoms with E-state index in [9.17, 15) is 8.78 Å². The van der Waals surface area contributed by atoms with Crippen molar-refractivity contribution in [3.05, 3.63) is 58.9 Å². The second kappa shape index (κ2) is 9.72. The lowest BCUT2D eigenvalue weighted by molar-refractivity contribution is 0.186. The average Bonchev–Trinajstić information content (AvgIpc) is 3.51. The summed E-state index contributed by atoms with van der Waals surface area (Å²) in [5.74, 6) is -1.21. The van der Waals surface area contributed by atoms with Crippen molar-refractivity contribution in [3.63, 3.8) is 0 Å². The van der Waals surface area contributed by atoms with Gasteiger partial charge >= 0.3 is 6.01 Å². The fraction of sp³-hybridized carbons (Fsp3) is 0.533. The van der Waals surface area contributed by atoms with Gasteiger partial charge in [0, 0.05) is 41.7 Å². The maximum Gasteiger partial charge on any atom is 0.316 e. The smallest absolute Gasteiger partial charge is 0.316 e. The van der Waals surface area contributed by atoms with Gasteiger partial charge in [0.15, 0.2) is 11.6 Å². The number of nitrogens with zero attached hydrogens (tertiary/aromatic N) is 4. The number of hydrogen-bond donors (Lipinski definition) is 1. The molecular formula is C30H35F2N5O. The van der Waals surface area contributed by atoms with Gasteiger partial charge in [0.2, 0.25) is 0 Å². The fourth-order valence-corrected chi connectivity index (χ4v) is 7.24. The number of fused-ring (bicyclic) bond motifs is 4. The molecule has 1 N–H and O–H groups in total. The molecule has 200 valence electrons. The van der Waals surface area contributed by atoms with Gasteiger partial charge in [-0.2, -0.15) is 9.97 Å². The van der Waals surface area contributed by atoms with E-state index in [4.69, 9.17) is 14.7 Å². The number of nitrogens with one attached hydrogen (secondary N) is 1. The Kier molecular flexibility index (Phi) is 6.20. The maximum absolute atomic E-state index is 15.0. The standard InChI is InChI=1S/C30H35F2N5O/c1-36-12-3-5-22(36)17-38-30-34-25-16-37(26-6-2-4-18-7-10-24(31)28(32)27(18)26)13-11-23(25)29(35-30)19-14-20-8-9-21(15-19)33-20/h2,4,6-7,10,19-22,33H,3,5,8-9,11-17H2,1H3/t19-,20+,21-,22-/m0/s1. The molecule has 0 amide bonds. The Labute approximate surface area is 222 Å². The molecule has 6 nitrogen and oxygen atoms in total. The minimum atomic E-state index is -0.819. The van der Waals surface area contributed by atoms with E-state index >= 15 is 0 Å². The summed E-state index contributed by atoms with van der Waals surface area (Å²) in [6, 6.07) is 10.4. The van der Waals surface area contributed by atoms with E-state index in [0.717, 1.165) is 43.6 Å².